The highest BCUT2D eigenvalue weighted by Crippen LogP contribution is 2.20. The van der Waals surface area contributed by atoms with Crippen molar-refractivity contribution in [2.45, 2.75) is 38.8 Å². The van der Waals surface area contributed by atoms with Crippen molar-refractivity contribution in [3.63, 3.8) is 0 Å². The molecule has 14 heavy (non-hydrogen) atoms. The number of nitrogens with one attached hydrogen (secondary N) is 1. The second-order valence-electron chi connectivity index (χ2n) is 5.02. The van der Waals surface area contributed by atoms with Crippen molar-refractivity contribution in [1.82, 2.24) is 10.2 Å². The van der Waals surface area contributed by atoms with Crippen LogP contribution in [0.3, 0.4) is 0 Å². The first-order valence-electron chi connectivity index (χ1n) is 5.57. The van der Waals surface area contributed by atoms with Crippen molar-refractivity contribution in [1.29, 1.82) is 0 Å². The summed E-state index contributed by atoms with van der Waals surface area (Å²) in [5, 5.41) is 13.4. The Morgan fingerprint density at radius 2 is 2.21 bits per heavy atom. The Morgan fingerprint density at radius 3 is 2.64 bits per heavy atom. The summed E-state index contributed by atoms with van der Waals surface area (Å²) in [6.45, 7) is 9.05. The highest BCUT2D eigenvalue weighted by molar-refractivity contribution is 4.86. The fourth-order valence-corrected chi connectivity index (χ4v) is 1.85. The lowest BCUT2D eigenvalue weighted by Crippen LogP contribution is -2.44. The Labute approximate surface area is 87.5 Å². The molecule has 3 nitrogen and oxygen atoms in total. The molecule has 1 fully saturated rings. The third kappa shape index (κ3) is 2.94. The van der Waals surface area contributed by atoms with Crippen molar-refractivity contribution in [3.8, 4) is 0 Å². The Kier molecular flexibility index (Phi) is 3.93. The number of likely N-dealkylation sites (N-methyl/N-ethyl adjacent to an activating group) is 1. The zero-order valence-electron chi connectivity index (χ0n) is 9.88. The predicted octanol–water partition coefficient (Wildman–Crippen LogP) is 0.687. The van der Waals surface area contributed by atoms with Gasteiger partial charge in [-0.1, -0.05) is 13.8 Å². The Morgan fingerprint density at radius 1 is 1.57 bits per heavy atom. The normalized spacial score (nSPS) is 28.3. The van der Waals surface area contributed by atoms with Crippen LogP contribution in [0.5, 0.6) is 0 Å². The Bertz CT molecular complexity index is 180. The van der Waals surface area contributed by atoms with Gasteiger partial charge in [-0.25, -0.2) is 0 Å². The molecule has 84 valence electrons. The molecule has 0 spiro atoms. The molecule has 0 radical (unpaired) electrons. The minimum Gasteiger partial charge on any atom is -0.389 e. The van der Waals surface area contributed by atoms with Crippen LogP contribution in [0.1, 0.15) is 27.2 Å². The SMILES string of the molecule is CNC1CCN(CC(C)(O)C(C)C)C1. The molecule has 1 rings (SSSR count). The molecular weight excluding hydrogens is 176 g/mol. The maximum absolute atomic E-state index is 10.1. The van der Waals surface area contributed by atoms with E-state index in [1.165, 1.54) is 6.42 Å². The molecule has 0 saturated carbocycles. The van der Waals surface area contributed by atoms with E-state index in [4.69, 9.17) is 0 Å². The molecule has 0 aromatic carbocycles. The number of hydrogen-bond acceptors (Lipinski definition) is 3. The number of β-amino-alcohol motifs (C(OH)–C–C–N with tert-alkyl or cyclic N) is 1. The van der Waals surface area contributed by atoms with Gasteiger partial charge in [0.15, 0.2) is 0 Å². The van der Waals surface area contributed by atoms with Crippen LogP contribution in [-0.2, 0) is 0 Å². The van der Waals surface area contributed by atoms with Crippen molar-refractivity contribution in [2.24, 2.45) is 5.92 Å². The molecule has 0 aromatic rings. The molecule has 2 N–H and O–H groups in total. The highest BCUT2D eigenvalue weighted by Gasteiger charge is 2.31. The lowest BCUT2D eigenvalue weighted by Gasteiger charge is -2.32. The van der Waals surface area contributed by atoms with Crippen LogP contribution < -0.4 is 5.32 Å². The molecule has 1 saturated heterocycles. The standard InChI is InChI=1S/C11H24N2O/c1-9(2)11(3,14)8-13-6-5-10(7-13)12-4/h9-10,12,14H,5-8H2,1-4H3. The van der Waals surface area contributed by atoms with Gasteiger partial charge in [-0.2, -0.15) is 0 Å². The third-order valence-corrected chi connectivity index (χ3v) is 3.47. The van der Waals surface area contributed by atoms with Crippen molar-refractivity contribution < 1.29 is 5.11 Å². The second-order valence-corrected chi connectivity index (χ2v) is 5.02. The summed E-state index contributed by atoms with van der Waals surface area (Å²) in [6.07, 6.45) is 1.20. The monoisotopic (exact) mass is 200 g/mol. The average Bonchev–Trinajstić information content (AvgIpc) is 2.51. The number of hydrogen-bond donors (Lipinski definition) is 2. The quantitative estimate of drug-likeness (QED) is 0.701. The maximum atomic E-state index is 10.1. The van der Waals surface area contributed by atoms with E-state index in [0.717, 1.165) is 19.6 Å². The van der Waals surface area contributed by atoms with Crippen LogP contribution >= 0.6 is 0 Å². The number of likely N-dealkylation sites (tertiary alicyclic amines) is 1. The fourth-order valence-electron chi connectivity index (χ4n) is 1.85. The van der Waals surface area contributed by atoms with Gasteiger partial charge in [-0.3, -0.25) is 4.90 Å². The highest BCUT2D eigenvalue weighted by atomic mass is 16.3. The van der Waals surface area contributed by atoms with Gasteiger partial charge in [0.2, 0.25) is 0 Å². The van der Waals surface area contributed by atoms with Crippen molar-refractivity contribution in [3.05, 3.63) is 0 Å². The summed E-state index contributed by atoms with van der Waals surface area (Å²) in [7, 11) is 2.01. The first-order chi connectivity index (χ1) is 6.45. The van der Waals surface area contributed by atoms with Crippen molar-refractivity contribution >= 4 is 0 Å². The van der Waals surface area contributed by atoms with E-state index in [1.807, 2.05) is 14.0 Å². The van der Waals surface area contributed by atoms with Gasteiger partial charge in [0.05, 0.1) is 5.60 Å². The molecule has 3 heteroatoms. The van der Waals surface area contributed by atoms with E-state index in [1.54, 1.807) is 0 Å². The smallest absolute Gasteiger partial charge is 0.0768 e. The molecule has 0 bridgehead atoms. The summed E-state index contributed by atoms with van der Waals surface area (Å²) in [5.41, 5.74) is -0.553. The predicted molar refractivity (Wildman–Crippen MR) is 59.4 cm³/mol. The third-order valence-electron chi connectivity index (χ3n) is 3.47. The van der Waals surface area contributed by atoms with E-state index in [-0.39, 0.29) is 0 Å². The first kappa shape index (κ1) is 12.0. The van der Waals surface area contributed by atoms with Crippen LogP contribution in [0.25, 0.3) is 0 Å². The van der Waals surface area contributed by atoms with Gasteiger partial charge >= 0.3 is 0 Å². The van der Waals surface area contributed by atoms with Crippen molar-refractivity contribution in [2.75, 3.05) is 26.7 Å². The molecule has 0 aromatic heterocycles. The molecule has 1 aliphatic heterocycles. The molecule has 2 unspecified atom stereocenters. The van der Waals surface area contributed by atoms with Gasteiger partial charge in [0.25, 0.3) is 0 Å². The molecule has 1 heterocycles. The zero-order valence-corrected chi connectivity index (χ0v) is 9.88. The molecular formula is C11H24N2O. The van der Waals surface area contributed by atoms with Crippen LogP contribution in [0.15, 0.2) is 0 Å². The summed E-state index contributed by atoms with van der Waals surface area (Å²) < 4.78 is 0. The van der Waals surface area contributed by atoms with Gasteiger partial charge in [-0.15, -0.1) is 0 Å². The maximum Gasteiger partial charge on any atom is 0.0768 e. The molecule has 1 aliphatic rings. The first-order valence-corrected chi connectivity index (χ1v) is 5.57. The molecule has 0 amide bonds. The second kappa shape index (κ2) is 4.60. The minimum atomic E-state index is -0.553. The Hall–Kier alpha value is -0.120. The van der Waals surface area contributed by atoms with E-state index in [0.29, 0.717) is 12.0 Å². The zero-order chi connectivity index (χ0) is 10.8. The lowest BCUT2D eigenvalue weighted by atomic mass is 9.92. The van der Waals surface area contributed by atoms with Gasteiger partial charge in [0, 0.05) is 19.1 Å². The molecule has 0 aliphatic carbocycles. The number of nitrogens with zero attached hydrogens (tertiary/aromatic N) is 1. The van der Waals surface area contributed by atoms with E-state index < -0.39 is 5.60 Å². The van der Waals surface area contributed by atoms with E-state index in [9.17, 15) is 5.11 Å². The molecule has 2 atom stereocenters. The number of aliphatic hydroxyl groups is 1. The van der Waals surface area contributed by atoms with Crippen LogP contribution in [0, 0.1) is 5.92 Å². The average molecular weight is 200 g/mol. The fraction of sp³-hybridized carbons (Fsp3) is 1.00. The van der Waals surface area contributed by atoms with E-state index >= 15 is 0 Å². The largest absolute Gasteiger partial charge is 0.389 e. The summed E-state index contributed by atoms with van der Waals surface area (Å²) >= 11 is 0. The van der Waals surface area contributed by atoms with Crippen LogP contribution in [0.2, 0.25) is 0 Å². The Balaban J connectivity index is 2.39. The lowest BCUT2D eigenvalue weighted by molar-refractivity contribution is -0.0139. The topological polar surface area (TPSA) is 35.5 Å². The van der Waals surface area contributed by atoms with Gasteiger partial charge in [0.1, 0.15) is 0 Å². The number of rotatable bonds is 4. The van der Waals surface area contributed by atoms with Crippen LogP contribution in [0.4, 0.5) is 0 Å². The van der Waals surface area contributed by atoms with E-state index in [2.05, 4.69) is 24.1 Å². The minimum absolute atomic E-state index is 0.316. The van der Waals surface area contributed by atoms with Crippen LogP contribution in [-0.4, -0.2) is 48.3 Å². The van der Waals surface area contributed by atoms with Gasteiger partial charge < -0.3 is 10.4 Å². The van der Waals surface area contributed by atoms with Gasteiger partial charge in [-0.05, 0) is 32.9 Å². The summed E-state index contributed by atoms with van der Waals surface area (Å²) in [6, 6.07) is 0.609. The summed E-state index contributed by atoms with van der Waals surface area (Å²) in [5.74, 6) is 0.316. The summed E-state index contributed by atoms with van der Waals surface area (Å²) in [4.78, 5) is 2.35.